The molecule has 1 saturated heterocycles. The van der Waals surface area contributed by atoms with Crippen LogP contribution in [-0.2, 0) is 35.8 Å². The smallest absolute Gasteiger partial charge is 0.300 e. The van der Waals surface area contributed by atoms with Gasteiger partial charge in [-0.25, -0.2) is 0 Å². The summed E-state index contributed by atoms with van der Waals surface area (Å²) in [5, 5.41) is 26.7. The van der Waals surface area contributed by atoms with Crippen molar-refractivity contribution in [2.24, 2.45) is 0 Å². The van der Waals surface area contributed by atoms with Gasteiger partial charge in [-0.2, -0.15) is 8.42 Å². The van der Waals surface area contributed by atoms with Crippen LogP contribution in [0.25, 0.3) is 0 Å². The monoisotopic (exact) mass is 536 g/mol. The topological polar surface area (TPSA) is 181 Å². The number of benzene rings is 2. The van der Waals surface area contributed by atoms with Gasteiger partial charge in [0, 0.05) is 12.6 Å². The van der Waals surface area contributed by atoms with Gasteiger partial charge in [0.25, 0.3) is 0 Å². The Morgan fingerprint density at radius 1 is 1.16 bits per heavy atom. The highest BCUT2D eigenvalue weighted by atomic mass is 32.2. The van der Waals surface area contributed by atoms with E-state index in [9.17, 15) is 32.8 Å². The molecule has 5 N–H and O–H groups in total. The predicted molar refractivity (Wildman–Crippen MR) is 131 cm³/mol. The van der Waals surface area contributed by atoms with Crippen molar-refractivity contribution in [3.8, 4) is 5.75 Å². The maximum Gasteiger partial charge on any atom is 0.300 e. The lowest BCUT2D eigenvalue weighted by Gasteiger charge is -2.47. The Morgan fingerprint density at radius 3 is 2.38 bits per heavy atom. The van der Waals surface area contributed by atoms with Gasteiger partial charge in [-0.05, 0) is 35.9 Å². The molecule has 0 aromatic heterocycles. The molecule has 3 rings (SSSR count). The zero-order valence-corrected chi connectivity index (χ0v) is 20.6. The molecule has 1 aliphatic rings. The number of aliphatic hydroxyl groups excluding tert-OH is 1. The fraction of sp³-hybridized carbons (Fsp3) is 0.333. The first-order valence-electron chi connectivity index (χ1n) is 11.1. The van der Waals surface area contributed by atoms with Crippen LogP contribution in [0.3, 0.4) is 0 Å². The van der Waals surface area contributed by atoms with Crippen molar-refractivity contribution >= 4 is 27.6 Å². The molecule has 1 aliphatic heterocycles. The minimum Gasteiger partial charge on any atom is -0.463 e. The Kier molecular flexibility index (Phi) is 9.02. The largest absolute Gasteiger partial charge is 0.463 e. The van der Waals surface area contributed by atoms with Crippen LogP contribution in [0.2, 0.25) is 0 Å². The molecule has 37 heavy (non-hydrogen) atoms. The van der Waals surface area contributed by atoms with Crippen LogP contribution in [0, 0.1) is 0 Å². The van der Waals surface area contributed by atoms with Crippen molar-refractivity contribution in [3.05, 3.63) is 72.8 Å². The zero-order valence-electron chi connectivity index (χ0n) is 19.8. The summed E-state index contributed by atoms with van der Waals surface area (Å²) < 4.78 is 51.2. The van der Waals surface area contributed by atoms with Crippen molar-refractivity contribution in [2.45, 2.75) is 43.0 Å². The van der Waals surface area contributed by atoms with E-state index in [1.807, 2.05) is 0 Å². The number of carbonyl (C=O) groups excluding carboxylic acids is 2. The molecule has 0 radical (unpaired) electrons. The van der Waals surface area contributed by atoms with Crippen molar-refractivity contribution in [2.75, 3.05) is 11.9 Å². The van der Waals surface area contributed by atoms with Gasteiger partial charge in [0.05, 0.1) is 13.2 Å². The van der Waals surface area contributed by atoms with E-state index in [1.54, 1.807) is 30.3 Å². The first-order chi connectivity index (χ1) is 17.5. The summed E-state index contributed by atoms with van der Waals surface area (Å²) in [7, 11) is -5.36. The highest BCUT2D eigenvalue weighted by Crippen LogP contribution is 2.35. The maximum absolute atomic E-state index is 12.2. The predicted octanol–water partition coefficient (Wildman–Crippen LogP) is 0.574. The van der Waals surface area contributed by atoms with Crippen LogP contribution in [0.15, 0.2) is 67.3 Å². The summed E-state index contributed by atoms with van der Waals surface area (Å²) in [6.07, 6.45) is -4.51. The SMILES string of the molecule is C=CC(=O)Nc1ccc(O[C@H]2O[C@@H](COCc3ccccc3)C(O)(S(=O)(=O)O)[C@@H](O)[C@@H]2NC(C)=O)cc1. The number of ether oxygens (including phenoxy) is 3. The normalized spacial score (nSPS) is 25.6. The summed E-state index contributed by atoms with van der Waals surface area (Å²) in [6, 6.07) is 13.1. The summed E-state index contributed by atoms with van der Waals surface area (Å²) in [6.45, 7) is 3.90. The van der Waals surface area contributed by atoms with E-state index in [1.165, 1.54) is 24.3 Å². The summed E-state index contributed by atoms with van der Waals surface area (Å²) >= 11 is 0. The molecule has 0 aliphatic carbocycles. The lowest BCUT2D eigenvalue weighted by Crippen LogP contribution is -2.73. The minimum absolute atomic E-state index is 0.0108. The number of amides is 2. The van der Waals surface area contributed by atoms with Gasteiger partial charge in [0.2, 0.25) is 23.0 Å². The van der Waals surface area contributed by atoms with Gasteiger partial charge in [0.1, 0.15) is 24.0 Å². The lowest BCUT2D eigenvalue weighted by atomic mass is 9.96. The van der Waals surface area contributed by atoms with Crippen LogP contribution in [0.5, 0.6) is 5.75 Å². The lowest BCUT2D eigenvalue weighted by molar-refractivity contribution is -0.263. The zero-order chi connectivity index (χ0) is 27.2. The molecule has 200 valence electrons. The van der Waals surface area contributed by atoms with Crippen LogP contribution < -0.4 is 15.4 Å². The van der Waals surface area contributed by atoms with Crippen molar-refractivity contribution < 1.29 is 47.0 Å². The van der Waals surface area contributed by atoms with Gasteiger partial charge in [-0.1, -0.05) is 36.9 Å². The van der Waals surface area contributed by atoms with Crippen molar-refractivity contribution in [3.63, 3.8) is 0 Å². The number of carbonyl (C=O) groups is 2. The molecule has 2 aromatic rings. The average molecular weight is 537 g/mol. The van der Waals surface area contributed by atoms with Gasteiger partial charge in [0.15, 0.2) is 0 Å². The van der Waals surface area contributed by atoms with Gasteiger partial charge in [-0.3, -0.25) is 14.1 Å². The third kappa shape index (κ3) is 6.71. The van der Waals surface area contributed by atoms with Crippen LogP contribution in [0.4, 0.5) is 5.69 Å². The molecule has 2 aromatic carbocycles. The minimum atomic E-state index is -5.36. The standard InChI is InChI=1S/C24H28N2O10S/c1-3-20(28)26-17-9-11-18(12-10-17)35-23-21(25-15(2)27)22(29)24(30,37(31,32)33)19(36-23)14-34-13-16-7-5-4-6-8-16/h3-12,19,21-23,29-30H,1,13-14H2,2H3,(H,25,27)(H,26,28)(H,31,32,33)/t19-,21-,22-,23-,24?/m0/s1. The fourth-order valence-corrected chi connectivity index (χ4v) is 4.61. The molecule has 12 nitrogen and oxygen atoms in total. The summed E-state index contributed by atoms with van der Waals surface area (Å²) in [5.74, 6) is -0.966. The highest BCUT2D eigenvalue weighted by molar-refractivity contribution is 7.87. The number of anilines is 1. The van der Waals surface area contributed by atoms with E-state index in [2.05, 4.69) is 17.2 Å². The first-order valence-corrected chi connectivity index (χ1v) is 12.5. The molecule has 0 saturated carbocycles. The second kappa shape index (κ2) is 11.8. The number of aliphatic hydroxyl groups is 2. The second-order valence-electron chi connectivity index (χ2n) is 8.23. The Balaban J connectivity index is 1.86. The third-order valence-electron chi connectivity index (χ3n) is 5.54. The van der Waals surface area contributed by atoms with Gasteiger partial charge < -0.3 is 35.1 Å². The fourth-order valence-electron chi connectivity index (χ4n) is 3.70. The molecule has 1 fully saturated rings. The first kappa shape index (κ1) is 28.2. The van der Waals surface area contributed by atoms with Gasteiger partial charge >= 0.3 is 10.1 Å². The molecular weight excluding hydrogens is 508 g/mol. The molecular formula is C24H28N2O10S. The number of hydrogen-bond donors (Lipinski definition) is 5. The van der Waals surface area contributed by atoms with E-state index >= 15 is 0 Å². The van der Waals surface area contributed by atoms with E-state index in [-0.39, 0.29) is 12.4 Å². The Labute approximate surface area is 213 Å². The van der Waals surface area contributed by atoms with E-state index in [4.69, 9.17) is 14.2 Å². The number of rotatable bonds is 10. The third-order valence-corrected chi connectivity index (χ3v) is 6.87. The molecule has 2 amide bonds. The van der Waals surface area contributed by atoms with Gasteiger partial charge in [-0.15, -0.1) is 0 Å². The number of hydrogen-bond acceptors (Lipinski definition) is 9. The molecule has 0 bridgehead atoms. The Morgan fingerprint density at radius 2 is 1.81 bits per heavy atom. The molecule has 1 unspecified atom stereocenters. The molecule has 5 atom stereocenters. The van der Waals surface area contributed by atoms with Crippen LogP contribution in [-0.4, -0.2) is 71.1 Å². The molecule has 13 heteroatoms. The average Bonchev–Trinajstić information content (AvgIpc) is 2.85. The molecule has 1 heterocycles. The van der Waals surface area contributed by atoms with E-state index in [0.717, 1.165) is 18.6 Å². The quantitative estimate of drug-likeness (QED) is 0.213. The summed E-state index contributed by atoms with van der Waals surface area (Å²) in [5.41, 5.74) is 1.16. The number of nitrogens with one attached hydrogen (secondary N) is 2. The van der Waals surface area contributed by atoms with Crippen LogP contribution in [0.1, 0.15) is 12.5 Å². The Hall–Kier alpha value is -3.33. The van der Waals surface area contributed by atoms with Crippen molar-refractivity contribution in [1.29, 1.82) is 0 Å². The highest BCUT2D eigenvalue weighted by Gasteiger charge is 2.63. The second-order valence-corrected chi connectivity index (χ2v) is 9.83. The Bertz CT molecular complexity index is 1210. The molecule has 0 spiro atoms. The van der Waals surface area contributed by atoms with Crippen LogP contribution >= 0.6 is 0 Å². The van der Waals surface area contributed by atoms with Crippen molar-refractivity contribution in [1.82, 2.24) is 5.32 Å². The van der Waals surface area contributed by atoms with E-state index in [0.29, 0.717) is 5.69 Å². The maximum atomic E-state index is 12.2. The van der Waals surface area contributed by atoms with E-state index < -0.39 is 58.0 Å². The summed E-state index contributed by atoms with van der Waals surface area (Å²) in [4.78, 5) is 20.0.